The number of carbonyl (C=O) groups is 2. The van der Waals surface area contributed by atoms with E-state index in [1.54, 1.807) is 24.3 Å². The van der Waals surface area contributed by atoms with Gasteiger partial charge in [0.1, 0.15) is 6.04 Å². The molecule has 0 aliphatic rings. The lowest BCUT2D eigenvalue weighted by molar-refractivity contribution is -0.120. The molecule has 1 atom stereocenters. The number of nitrogens with two attached hydrogens (primary N) is 1. The Balaban J connectivity index is 2.85. The van der Waals surface area contributed by atoms with Crippen LogP contribution in [0.2, 0.25) is 0 Å². The molecule has 0 bridgehead atoms. The zero-order chi connectivity index (χ0) is 14.4. The highest BCUT2D eigenvalue weighted by Gasteiger charge is 2.18. The van der Waals surface area contributed by atoms with E-state index in [0.717, 1.165) is 5.56 Å². The van der Waals surface area contributed by atoms with Crippen LogP contribution in [0.4, 0.5) is 0 Å². The van der Waals surface area contributed by atoms with Crippen molar-refractivity contribution in [2.75, 3.05) is 13.7 Å². The van der Waals surface area contributed by atoms with Crippen molar-refractivity contribution in [1.82, 2.24) is 5.32 Å². The summed E-state index contributed by atoms with van der Waals surface area (Å²) in [7, 11) is 1.33. The summed E-state index contributed by atoms with van der Waals surface area (Å²) in [6, 6.07) is 6.10. The normalized spacial score (nSPS) is 12.2. The van der Waals surface area contributed by atoms with E-state index in [9.17, 15) is 9.59 Å². The van der Waals surface area contributed by atoms with Crippen molar-refractivity contribution in [1.29, 1.82) is 0 Å². The minimum atomic E-state index is -0.547. The molecule has 0 aliphatic carbocycles. The molecule has 1 aromatic rings. The van der Waals surface area contributed by atoms with Gasteiger partial charge in [-0.05, 0) is 30.2 Å². The quantitative estimate of drug-likeness (QED) is 0.757. The first-order valence-corrected chi connectivity index (χ1v) is 6.16. The molecule has 5 heteroatoms. The third-order valence-electron chi connectivity index (χ3n) is 2.68. The summed E-state index contributed by atoms with van der Waals surface area (Å²) in [5.74, 6) is -0.431. The van der Waals surface area contributed by atoms with E-state index in [1.165, 1.54) is 7.11 Å². The first kappa shape index (κ1) is 15.2. The van der Waals surface area contributed by atoms with Crippen molar-refractivity contribution in [2.24, 2.45) is 11.7 Å². The second-order valence-corrected chi connectivity index (χ2v) is 4.75. The molecule has 3 N–H and O–H groups in total. The Morgan fingerprint density at radius 1 is 1.26 bits per heavy atom. The van der Waals surface area contributed by atoms with Crippen LogP contribution in [0.1, 0.15) is 35.8 Å². The van der Waals surface area contributed by atoms with Gasteiger partial charge in [-0.25, -0.2) is 4.79 Å². The van der Waals surface area contributed by atoms with Gasteiger partial charge < -0.3 is 15.8 Å². The number of ether oxygens (including phenoxy) is 1. The molecule has 0 spiro atoms. The average Bonchev–Trinajstić information content (AvgIpc) is 2.38. The molecule has 0 saturated carbocycles. The summed E-state index contributed by atoms with van der Waals surface area (Å²) in [5.41, 5.74) is 6.57. The van der Waals surface area contributed by atoms with Gasteiger partial charge in [-0.15, -0.1) is 0 Å². The van der Waals surface area contributed by atoms with Gasteiger partial charge in [0, 0.05) is 0 Å². The lowest BCUT2D eigenvalue weighted by atomic mass is 10.0. The molecule has 19 heavy (non-hydrogen) atoms. The summed E-state index contributed by atoms with van der Waals surface area (Å²) in [6.45, 7) is 4.78. The predicted molar refractivity (Wildman–Crippen MR) is 72.6 cm³/mol. The number of esters is 1. The fourth-order valence-electron chi connectivity index (χ4n) is 1.67. The van der Waals surface area contributed by atoms with Gasteiger partial charge in [-0.2, -0.15) is 0 Å². The summed E-state index contributed by atoms with van der Waals surface area (Å²) in [5, 5.41) is 3.11. The fourth-order valence-corrected chi connectivity index (χ4v) is 1.67. The Hall–Kier alpha value is -1.88. The lowest BCUT2D eigenvalue weighted by Gasteiger charge is -2.17. The number of carbonyl (C=O) groups excluding carboxylic acids is 2. The smallest absolute Gasteiger partial charge is 0.337 e. The number of benzene rings is 1. The van der Waals surface area contributed by atoms with Crippen molar-refractivity contribution in [2.45, 2.75) is 19.9 Å². The largest absolute Gasteiger partial charge is 0.465 e. The van der Waals surface area contributed by atoms with Crippen molar-refractivity contribution < 1.29 is 14.3 Å². The Labute approximate surface area is 113 Å². The monoisotopic (exact) mass is 264 g/mol. The van der Waals surface area contributed by atoms with Crippen molar-refractivity contribution in [3.05, 3.63) is 35.4 Å². The first-order chi connectivity index (χ1) is 8.95. The molecule has 1 rings (SSSR count). The second-order valence-electron chi connectivity index (χ2n) is 4.75. The molecule has 1 amide bonds. The number of amides is 1. The zero-order valence-electron chi connectivity index (χ0n) is 11.5. The third-order valence-corrected chi connectivity index (χ3v) is 2.68. The van der Waals surface area contributed by atoms with Gasteiger partial charge in [0.25, 0.3) is 0 Å². The summed E-state index contributed by atoms with van der Waals surface area (Å²) in [6.07, 6.45) is 0. The van der Waals surface area contributed by atoms with Crippen LogP contribution in [-0.2, 0) is 9.53 Å². The van der Waals surface area contributed by atoms with E-state index in [0.29, 0.717) is 18.0 Å². The van der Waals surface area contributed by atoms with Crippen molar-refractivity contribution in [3.8, 4) is 0 Å². The van der Waals surface area contributed by atoms with Crippen molar-refractivity contribution >= 4 is 11.9 Å². The minimum absolute atomic E-state index is 0.405. The molecule has 1 unspecified atom stereocenters. The summed E-state index contributed by atoms with van der Waals surface area (Å²) >= 11 is 0. The van der Waals surface area contributed by atoms with Gasteiger partial charge >= 0.3 is 5.97 Å². The molecule has 1 aromatic carbocycles. The van der Waals surface area contributed by atoms with E-state index >= 15 is 0 Å². The molecular formula is C14H20N2O3. The van der Waals surface area contributed by atoms with Gasteiger partial charge in [0.2, 0.25) is 5.91 Å². The SMILES string of the molecule is COC(=O)c1ccc(C(NCC(C)C)C(N)=O)cc1. The fraction of sp³-hybridized carbons (Fsp3) is 0.429. The molecular weight excluding hydrogens is 244 g/mol. The molecule has 5 nitrogen and oxygen atoms in total. The minimum Gasteiger partial charge on any atom is -0.465 e. The van der Waals surface area contributed by atoms with Crippen LogP contribution in [0.15, 0.2) is 24.3 Å². The van der Waals surface area contributed by atoms with E-state index < -0.39 is 17.9 Å². The van der Waals surface area contributed by atoms with Crippen LogP contribution in [0, 0.1) is 5.92 Å². The summed E-state index contributed by atoms with van der Waals surface area (Å²) < 4.78 is 4.62. The average molecular weight is 264 g/mol. The second kappa shape index (κ2) is 6.89. The number of nitrogens with one attached hydrogen (secondary N) is 1. The first-order valence-electron chi connectivity index (χ1n) is 6.16. The number of rotatable bonds is 6. The van der Waals surface area contributed by atoms with Crippen LogP contribution >= 0.6 is 0 Å². The molecule has 0 aromatic heterocycles. The molecule has 104 valence electrons. The van der Waals surface area contributed by atoms with E-state index in [4.69, 9.17) is 5.73 Å². The van der Waals surface area contributed by atoms with Gasteiger partial charge in [-0.1, -0.05) is 26.0 Å². The van der Waals surface area contributed by atoms with Crippen LogP contribution < -0.4 is 11.1 Å². The third kappa shape index (κ3) is 4.37. The Morgan fingerprint density at radius 3 is 2.26 bits per heavy atom. The van der Waals surface area contributed by atoms with Crippen LogP contribution in [0.3, 0.4) is 0 Å². The Morgan fingerprint density at radius 2 is 1.84 bits per heavy atom. The maximum absolute atomic E-state index is 11.5. The number of hydrogen-bond donors (Lipinski definition) is 2. The molecule has 0 saturated heterocycles. The molecule has 0 fully saturated rings. The molecule has 0 radical (unpaired) electrons. The highest BCUT2D eigenvalue weighted by Crippen LogP contribution is 2.14. The van der Waals surface area contributed by atoms with E-state index in [2.05, 4.69) is 10.1 Å². The van der Waals surface area contributed by atoms with Gasteiger partial charge in [0.15, 0.2) is 0 Å². The van der Waals surface area contributed by atoms with Crippen LogP contribution in [0.5, 0.6) is 0 Å². The number of primary amides is 1. The molecule has 0 heterocycles. The number of methoxy groups -OCH3 is 1. The lowest BCUT2D eigenvalue weighted by Crippen LogP contribution is -2.35. The van der Waals surface area contributed by atoms with Gasteiger partial charge in [0.05, 0.1) is 12.7 Å². The zero-order valence-corrected chi connectivity index (χ0v) is 11.5. The number of hydrogen-bond acceptors (Lipinski definition) is 4. The van der Waals surface area contributed by atoms with Gasteiger partial charge in [-0.3, -0.25) is 4.79 Å². The standard InChI is InChI=1S/C14H20N2O3/c1-9(2)8-16-12(13(15)17)10-4-6-11(7-5-10)14(18)19-3/h4-7,9,12,16H,8H2,1-3H3,(H2,15,17). The Kier molecular flexibility index (Phi) is 5.51. The Bertz CT molecular complexity index is 441. The predicted octanol–water partition coefficient (Wildman–Crippen LogP) is 1.25. The highest BCUT2D eigenvalue weighted by molar-refractivity contribution is 5.89. The maximum Gasteiger partial charge on any atom is 0.337 e. The topological polar surface area (TPSA) is 81.4 Å². The summed E-state index contributed by atoms with van der Waals surface area (Å²) in [4.78, 5) is 22.8. The van der Waals surface area contributed by atoms with Crippen LogP contribution in [-0.4, -0.2) is 25.5 Å². The van der Waals surface area contributed by atoms with E-state index in [1.807, 2.05) is 13.8 Å². The van der Waals surface area contributed by atoms with E-state index in [-0.39, 0.29) is 0 Å². The van der Waals surface area contributed by atoms with Crippen LogP contribution in [0.25, 0.3) is 0 Å². The maximum atomic E-state index is 11.5. The molecule has 0 aliphatic heterocycles. The highest BCUT2D eigenvalue weighted by atomic mass is 16.5. The van der Waals surface area contributed by atoms with Crippen molar-refractivity contribution in [3.63, 3.8) is 0 Å².